The molecule has 15 heteroatoms. The second-order valence-corrected chi connectivity index (χ2v) is 10.5. The van der Waals surface area contributed by atoms with E-state index >= 15 is 0 Å². The molecule has 2 aliphatic heterocycles. The number of nitrogens with two attached hydrogens (primary N) is 1. The lowest BCUT2D eigenvalue weighted by molar-refractivity contribution is -0.141. The number of aromatic hydroxyl groups is 1. The molecule has 0 radical (unpaired) electrons. The molecule has 0 amide bonds. The Morgan fingerprint density at radius 2 is 1.64 bits per heavy atom. The SMILES string of the molecule is COc1cc(C[C@H]2C(=O)OC[C@@H]2Cc2ccc(OC)c(OC)c2)ccc1O.Nc1ccn([C@@H]2O[C@H](CO)[C@@H](O)C2(F)F)c(=O)n1. The van der Waals surface area contributed by atoms with Gasteiger partial charge in [-0.1, -0.05) is 12.1 Å². The minimum absolute atomic E-state index is 0.0652. The van der Waals surface area contributed by atoms with Gasteiger partial charge in [-0.25, -0.2) is 4.79 Å². The molecule has 0 bridgehead atoms. The highest BCUT2D eigenvalue weighted by atomic mass is 19.3. The zero-order valence-electron chi connectivity index (χ0n) is 24.8. The molecule has 2 aromatic carbocycles. The van der Waals surface area contributed by atoms with E-state index in [0.29, 0.717) is 41.3 Å². The number of phenols is 1. The van der Waals surface area contributed by atoms with E-state index in [0.717, 1.165) is 23.4 Å². The largest absolute Gasteiger partial charge is 0.504 e. The molecule has 3 heterocycles. The van der Waals surface area contributed by atoms with Crippen molar-refractivity contribution in [2.24, 2.45) is 11.8 Å². The van der Waals surface area contributed by atoms with Crippen molar-refractivity contribution in [1.82, 2.24) is 9.55 Å². The van der Waals surface area contributed by atoms with E-state index in [4.69, 9.17) is 34.5 Å². The van der Waals surface area contributed by atoms with Gasteiger partial charge in [0.2, 0.25) is 6.23 Å². The normalized spacial score (nSPS) is 23.5. The molecule has 244 valence electrons. The lowest BCUT2D eigenvalue weighted by atomic mass is 9.85. The number of nitrogens with zero attached hydrogens (tertiary/aromatic N) is 2. The van der Waals surface area contributed by atoms with Crippen molar-refractivity contribution in [3.63, 3.8) is 0 Å². The quantitative estimate of drug-likeness (QED) is 0.250. The van der Waals surface area contributed by atoms with Gasteiger partial charge in [0, 0.05) is 12.1 Å². The van der Waals surface area contributed by atoms with Crippen LogP contribution in [-0.2, 0) is 27.1 Å². The Morgan fingerprint density at radius 1 is 1.00 bits per heavy atom. The molecule has 5 N–H and O–H groups in total. The number of hydrogen-bond donors (Lipinski definition) is 4. The third kappa shape index (κ3) is 7.27. The number of halogens is 2. The number of hydrogen-bond acceptors (Lipinski definition) is 12. The second-order valence-electron chi connectivity index (χ2n) is 10.5. The van der Waals surface area contributed by atoms with Crippen LogP contribution in [0.5, 0.6) is 23.0 Å². The first-order valence-electron chi connectivity index (χ1n) is 13.8. The van der Waals surface area contributed by atoms with Crippen molar-refractivity contribution >= 4 is 11.8 Å². The standard InChI is InChI=1S/C21H24O6.C9H11F2N3O4/c1-24-18-7-5-13(11-20(18)26-3)8-15-12-27-21(23)16(15)9-14-4-6-17(22)19(10-14)25-2;10-9(11)6(16)4(3-15)18-7(9)14-2-1-5(12)13-8(14)17/h4-7,10-11,15-16,22H,8-9,12H2,1-3H3;1-2,4,6-7,15-16H,3H2,(H2,12,13,17)/t15-,16+;4-,6-,7-/m01/s1. The zero-order valence-corrected chi connectivity index (χ0v) is 24.8. The molecule has 0 aliphatic carbocycles. The van der Waals surface area contributed by atoms with Crippen LogP contribution in [0.3, 0.4) is 0 Å². The number of aliphatic hydroxyl groups is 2. The van der Waals surface area contributed by atoms with Gasteiger partial charge in [-0.15, -0.1) is 0 Å². The van der Waals surface area contributed by atoms with Crippen LogP contribution in [0.1, 0.15) is 17.4 Å². The van der Waals surface area contributed by atoms with Crippen LogP contribution >= 0.6 is 0 Å². The second kappa shape index (κ2) is 14.1. The predicted octanol–water partition coefficient (Wildman–Crippen LogP) is 1.70. The predicted molar refractivity (Wildman–Crippen MR) is 154 cm³/mol. The van der Waals surface area contributed by atoms with E-state index in [2.05, 4.69) is 4.98 Å². The number of aliphatic hydroxyl groups excluding tert-OH is 2. The summed E-state index contributed by atoms with van der Waals surface area (Å²) in [6.07, 6.45) is -3.45. The summed E-state index contributed by atoms with van der Waals surface area (Å²) in [4.78, 5) is 27.0. The number of rotatable bonds is 9. The summed E-state index contributed by atoms with van der Waals surface area (Å²) >= 11 is 0. The summed E-state index contributed by atoms with van der Waals surface area (Å²) < 4.78 is 53.8. The summed E-state index contributed by atoms with van der Waals surface area (Å²) in [5, 5.41) is 27.9. The molecule has 0 saturated carbocycles. The van der Waals surface area contributed by atoms with Crippen molar-refractivity contribution in [3.8, 4) is 23.0 Å². The van der Waals surface area contributed by atoms with Crippen molar-refractivity contribution in [1.29, 1.82) is 0 Å². The maximum Gasteiger partial charge on any atom is 0.351 e. The Kier molecular flexibility index (Phi) is 10.5. The Hall–Kier alpha value is -4.47. The van der Waals surface area contributed by atoms with E-state index in [1.54, 1.807) is 32.4 Å². The molecule has 2 aliphatic rings. The van der Waals surface area contributed by atoms with Crippen molar-refractivity contribution in [2.45, 2.75) is 37.2 Å². The van der Waals surface area contributed by atoms with Gasteiger partial charge in [-0.2, -0.15) is 13.8 Å². The highest BCUT2D eigenvalue weighted by Crippen LogP contribution is 2.42. The number of ether oxygens (including phenoxy) is 5. The number of methoxy groups -OCH3 is 3. The van der Waals surface area contributed by atoms with Crippen LogP contribution in [0.15, 0.2) is 53.5 Å². The third-order valence-electron chi connectivity index (χ3n) is 7.62. The Bertz CT molecular complexity index is 1550. The maximum absolute atomic E-state index is 13.7. The summed E-state index contributed by atoms with van der Waals surface area (Å²) in [6.45, 7) is -0.391. The average Bonchev–Trinajstić information content (AvgIpc) is 3.47. The van der Waals surface area contributed by atoms with Gasteiger partial charge in [0.05, 0.1) is 40.5 Å². The van der Waals surface area contributed by atoms with Gasteiger partial charge in [-0.05, 0) is 54.3 Å². The van der Waals surface area contributed by atoms with Crippen LogP contribution < -0.4 is 25.6 Å². The maximum atomic E-state index is 13.7. The minimum atomic E-state index is -3.71. The number of aromatic nitrogens is 2. The van der Waals surface area contributed by atoms with E-state index in [-0.39, 0.29) is 29.4 Å². The number of anilines is 1. The van der Waals surface area contributed by atoms with Crippen LogP contribution in [0.4, 0.5) is 14.6 Å². The van der Waals surface area contributed by atoms with Crippen molar-refractivity contribution < 1.29 is 52.6 Å². The first-order chi connectivity index (χ1) is 21.4. The molecule has 2 fully saturated rings. The number of alkyl halides is 2. The third-order valence-corrected chi connectivity index (χ3v) is 7.62. The van der Waals surface area contributed by atoms with Gasteiger partial charge >= 0.3 is 17.6 Å². The van der Waals surface area contributed by atoms with Crippen LogP contribution in [-0.4, -0.2) is 83.5 Å². The molecule has 3 aromatic rings. The fourth-order valence-electron chi connectivity index (χ4n) is 5.19. The Balaban J connectivity index is 0.000000222. The van der Waals surface area contributed by atoms with E-state index in [1.807, 2.05) is 18.2 Å². The molecule has 1 aromatic heterocycles. The first kappa shape index (κ1) is 33.4. The highest BCUT2D eigenvalue weighted by Gasteiger charge is 2.59. The van der Waals surface area contributed by atoms with Gasteiger partial charge < -0.3 is 44.7 Å². The summed E-state index contributed by atoms with van der Waals surface area (Å²) in [6, 6.07) is 12.1. The highest BCUT2D eigenvalue weighted by molar-refractivity contribution is 5.75. The van der Waals surface area contributed by atoms with Gasteiger partial charge in [0.15, 0.2) is 29.1 Å². The summed E-state index contributed by atoms with van der Waals surface area (Å²) in [7, 11) is 4.70. The zero-order chi connectivity index (χ0) is 32.9. The van der Waals surface area contributed by atoms with E-state index in [1.165, 1.54) is 7.11 Å². The van der Waals surface area contributed by atoms with Crippen LogP contribution in [0.25, 0.3) is 0 Å². The molecule has 5 rings (SSSR count). The van der Waals surface area contributed by atoms with Gasteiger partial charge in [0.1, 0.15) is 11.9 Å². The molecule has 13 nitrogen and oxygen atoms in total. The van der Waals surface area contributed by atoms with E-state index < -0.39 is 36.7 Å². The summed E-state index contributed by atoms with van der Waals surface area (Å²) in [5.74, 6) is -2.37. The molecule has 2 saturated heterocycles. The number of carbonyl (C=O) groups is 1. The van der Waals surface area contributed by atoms with Crippen LogP contribution in [0.2, 0.25) is 0 Å². The number of carbonyl (C=O) groups excluding carboxylic acids is 1. The van der Waals surface area contributed by atoms with Crippen molar-refractivity contribution in [2.75, 3.05) is 40.3 Å². The lowest BCUT2D eigenvalue weighted by Crippen LogP contribution is -2.41. The topological polar surface area (TPSA) is 185 Å². The molecule has 5 atom stereocenters. The molecule has 45 heavy (non-hydrogen) atoms. The number of cyclic esters (lactones) is 1. The smallest absolute Gasteiger partial charge is 0.351 e. The fourth-order valence-corrected chi connectivity index (χ4v) is 5.19. The van der Waals surface area contributed by atoms with Crippen molar-refractivity contribution in [3.05, 3.63) is 70.3 Å². The summed E-state index contributed by atoms with van der Waals surface area (Å²) in [5.41, 5.74) is 6.19. The Labute approximate surface area is 256 Å². The minimum Gasteiger partial charge on any atom is -0.504 e. The first-order valence-corrected chi connectivity index (χ1v) is 13.8. The molecule has 0 spiro atoms. The number of phenolic OH excluding ortho intramolecular Hbond substituents is 1. The van der Waals surface area contributed by atoms with E-state index in [9.17, 15) is 28.6 Å². The number of benzene rings is 2. The number of esters is 1. The fraction of sp³-hybridized carbons (Fsp3) is 0.433. The average molecular weight is 636 g/mol. The monoisotopic (exact) mass is 635 g/mol. The van der Waals surface area contributed by atoms with Crippen LogP contribution in [0, 0.1) is 11.8 Å². The lowest BCUT2D eigenvalue weighted by Gasteiger charge is -2.20. The molecule has 0 unspecified atom stereocenters. The van der Waals surface area contributed by atoms with Gasteiger partial charge in [-0.3, -0.25) is 9.36 Å². The Morgan fingerprint density at radius 3 is 2.27 bits per heavy atom. The number of nitrogen functional groups attached to an aromatic ring is 1. The molecular weight excluding hydrogens is 600 g/mol. The molecular formula is C30H35F2N3O10. The van der Waals surface area contributed by atoms with Gasteiger partial charge in [0.25, 0.3) is 0 Å².